The molecule has 0 aromatic heterocycles. The summed E-state index contributed by atoms with van der Waals surface area (Å²) >= 11 is 0. The van der Waals surface area contributed by atoms with Crippen molar-refractivity contribution in [2.45, 2.75) is 0 Å². The smallest absolute Gasteiger partial charge is 0.269 e. The van der Waals surface area contributed by atoms with Gasteiger partial charge in [-0.2, -0.15) is 4.99 Å². The number of aliphatic imine (C=N–C) groups is 1. The third kappa shape index (κ3) is 2.60. The monoisotopic (exact) mass is 245 g/mol. The second kappa shape index (κ2) is 4.94. The van der Waals surface area contributed by atoms with Crippen molar-refractivity contribution in [1.82, 2.24) is 5.32 Å². The van der Waals surface area contributed by atoms with Gasteiger partial charge >= 0.3 is 0 Å². The zero-order valence-electron chi connectivity index (χ0n) is 8.99. The largest absolute Gasteiger partial charge is 0.439 e. The normalized spacial score (nSPS) is 13.3. The number of nitro groups is 1. The van der Waals surface area contributed by atoms with Crippen molar-refractivity contribution in [3.05, 3.63) is 52.5 Å². The molecule has 0 fully saturated rings. The SMILES string of the molecule is O=C=C1N=C(Oc2ccc([N+](=O)[O-])cc2)C=CN1. The summed E-state index contributed by atoms with van der Waals surface area (Å²) < 4.78 is 5.32. The van der Waals surface area contributed by atoms with Gasteiger partial charge in [0.05, 0.1) is 4.92 Å². The maximum atomic E-state index is 10.5. The van der Waals surface area contributed by atoms with Crippen LogP contribution in [0, 0.1) is 10.1 Å². The van der Waals surface area contributed by atoms with Gasteiger partial charge in [-0.15, -0.1) is 0 Å². The topological polar surface area (TPSA) is 93.8 Å². The van der Waals surface area contributed by atoms with E-state index in [9.17, 15) is 14.9 Å². The van der Waals surface area contributed by atoms with Gasteiger partial charge in [-0.05, 0) is 12.1 Å². The summed E-state index contributed by atoms with van der Waals surface area (Å²) in [6, 6.07) is 5.52. The first-order chi connectivity index (χ1) is 8.69. The Labute approximate surface area is 101 Å². The molecule has 1 aromatic carbocycles. The Morgan fingerprint density at radius 3 is 2.67 bits per heavy atom. The van der Waals surface area contributed by atoms with E-state index in [0.29, 0.717) is 5.75 Å². The molecular weight excluding hydrogens is 238 g/mol. The lowest BCUT2D eigenvalue weighted by atomic mass is 10.3. The summed E-state index contributed by atoms with van der Waals surface area (Å²) in [6.07, 6.45) is 3.00. The second-order valence-electron chi connectivity index (χ2n) is 3.23. The fourth-order valence-electron chi connectivity index (χ4n) is 1.24. The number of nitrogens with one attached hydrogen (secondary N) is 1. The quantitative estimate of drug-likeness (QED) is 0.479. The minimum Gasteiger partial charge on any atom is -0.439 e. The molecule has 7 heteroatoms. The highest BCUT2D eigenvalue weighted by molar-refractivity contribution is 5.91. The Bertz CT molecular complexity index is 583. The number of nitrogens with zero attached hydrogens (tertiary/aromatic N) is 2. The molecular formula is C11H7N3O4. The van der Waals surface area contributed by atoms with Crippen LogP contribution in [0.1, 0.15) is 0 Å². The van der Waals surface area contributed by atoms with E-state index in [2.05, 4.69) is 10.3 Å². The molecule has 1 N–H and O–H groups in total. The summed E-state index contributed by atoms with van der Waals surface area (Å²) in [5, 5.41) is 13.0. The molecule has 0 atom stereocenters. The van der Waals surface area contributed by atoms with E-state index in [4.69, 9.17) is 4.74 Å². The highest BCUT2D eigenvalue weighted by Crippen LogP contribution is 2.18. The van der Waals surface area contributed by atoms with Gasteiger partial charge in [0.1, 0.15) is 5.75 Å². The fraction of sp³-hybridized carbons (Fsp3) is 0. The van der Waals surface area contributed by atoms with Gasteiger partial charge in [-0.3, -0.25) is 10.1 Å². The summed E-state index contributed by atoms with van der Waals surface area (Å²) in [5.74, 6) is 2.18. The molecule has 1 aromatic rings. The summed E-state index contributed by atoms with van der Waals surface area (Å²) in [7, 11) is 0. The highest BCUT2D eigenvalue weighted by atomic mass is 16.6. The first-order valence-electron chi connectivity index (χ1n) is 4.88. The van der Waals surface area contributed by atoms with Gasteiger partial charge in [0.2, 0.25) is 11.7 Å². The van der Waals surface area contributed by atoms with E-state index >= 15 is 0 Å². The van der Waals surface area contributed by atoms with Gasteiger partial charge in [0, 0.05) is 24.4 Å². The second-order valence-corrected chi connectivity index (χ2v) is 3.23. The molecule has 0 saturated carbocycles. The predicted molar refractivity (Wildman–Crippen MR) is 62.6 cm³/mol. The zero-order chi connectivity index (χ0) is 13.0. The number of ether oxygens (including phenoxy) is 1. The number of nitro benzene ring substituents is 1. The molecule has 90 valence electrons. The first kappa shape index (κ1) is 11.6. The molecule has 0 bridgehead atoms. The first-order valence-corrected chi connectivity index (χ1v) is 4.88. The molecule has 1 aliphatic rings. The molecule has 2 rings (SSSR count). The lowest BCUT2D eigenvalue weighted by Crippen LogP contribution is -2.16. The van der Waals surface area contributed by atoms with Gasteiger partial charge in [-0.1, -0.05) is 0 Å². The number of carbonyl (C=O) groups excluding carboxylic acids is 1. The minimum absolute atomic E-state index is 0.00871. The van der Waals surface area contributed by atoms with Crippen molar-refractivity contribution in [3.63, 3.8) is 0 Å². The lowest BCUT2D eigenvalue weighted by molar-refractivity contribution is -0.384. The van der Waals surface area contributed by atoms with E-state index in [-0.39, 0.29) is 17.4 Å². The zero-order valence-corrected chi connectivity index (χ0v) is 8.99. The molecule has 0 unspecified atom stereocenters. The van der Waals surface area contributed by atoms with Crippen LogP contribution in [-0.2, 0) is 4.79 Å². The van der Waals surface area contributed by atoms with E-state index in [0.717, 1.165) is 0 Å². The summed E-state index contributed by atoms with van der Waals surface area (Å²) in [4.78, 5) is 24.1. The molecule has 0 radical (unpaired) electrons. The van der Waals surface area contributed by atoms with E-state index in [1.54, 1.807) is 5.94 Å². The Morgan fingerprint density at radius 2 is 2.06 bits per heavy atom. The highest BCUT2D eigenvalue weighted by Gasteiger charge is 2.08. The van der Waals surface area contributed by atoms with Crippen LogP contribution in [0.2, 0.25) is 0 Å². The summed E-state index contributed by atoms with van der Waals surface area (Å²) in [6.45, 7) is 0. The lowest BCUT2D eigenvalue weighted by Gasteiger charge is -2.09. The van der Waals surface area contributed by atoms with Crippen molar-refractivity contribution >= 4 is 17.5 Å². The molecule has 1 aliphatic heterocycles. The van der Waals surface area contributed by atoms with E-state index in [1.165, 1.54) is 36.5 Å². The van der Waals surface area contributed by atoms with Crippen LogP contribution in [0.4, 0.5) is 5.69 Å². The predicted octanol–water partition coefficient (Wildman–Crippen LogP) is 1.16. The fourth-order valence-corrected chi connectivity index (χ4v) is 1.24. The maximum Gasteiger partial charge on any atom is 0.269 e. The maximum absolute atomic E-state index is 10.5. The van der Waals surface area contributed by atoms with Crippen LogP contribution < -0.4 is 10.1 Å². The number of hydrogen-bond donors (Lipinski definition) is 1. The van der Waals surface area contributed by atoms with Crippen molar-refractivity contribution in [1.29, 1.82) is 0 Å². The molecule has 0 amide bonds. The van der Waals surface area contributed by atoms with Crippen LogP contribution in [0.5, 0.6) is 5.75 Å². The van der Waals surface area contributed by atoms with Crippen LogP contribution in [-0.4, -0.2) is 16.8 Å². The van der Waals surface area contributed by atoms with Crippen molar-refractivity contribution in [2.75, 3.05) is 0 Å². The van der Waals surface area contributed by atoms with Crippen molar-refractivity contribution in [3.8, 4) is 5.75 Å². The van der Waals surface area contributed by atoms with Crippen molar-refractivity contribution < 1.29 is 14.5 Å². The van der Waals surface area contributed by atoms with Gasteiger partial charge in [0.25, 0.3) is 5.69 Å². The minimum atomic E-state index is -0.501. The van der Waals surface area contributed by atoms with E-state index in [1.807, 2.05) is 0 Å². The van der Waals surface area contributed by atoms with Crippen molar-refractivity contribution in [2.24, 2.45) is 4.99 Å². The van der Waals surface area contributed by atoms with Gasteiger partial charge in [-0.25, -0.2) is 4.79 Å². The Hall–Kier alpha value is -2.92. The Balaban J connectivity index is 2.15. The molecule has 1 heterocycles. The van der Waals surface area contributed by atoms with Gasteiger partial charge in [0.15, 0.2) is 5.94 Å². The molecule has 0 spiro atoms. The van der Waals surface area contributed by atoms with Crippen LogP contribution >= 0.6 is 0 Å². The number of benzene rings is 1. The average molecular weight is 245 g/mol. The van der Waals surface area contributed by atoms with Gasteiger partial charge < -0.3 is 10.1 Å². The molecule has 7 nitrogen and oxygen atoms in total. The number of non-ortho nitro benzene ring substituents is 1. The standard InChI is InChI=1S/C11H7N3O4/c15-7-10-12-6-5-11(13-10)18-9-3-1-8(2-4-9)14(16)17/h1-6,12H. The molecule has 18 heavy (non-hydrogen) atoms. The number of hydrogen-bond acceptors (Lipinski definition) is 6. The van der Waals surface area contributed by atoms with E-state index < -0.39 is 4.92 Å². The van der Waals surface area contributed by atoms with Crippen LogP contribution in [0.25, 0.3) is 0 Å². The third-order valence-electron chi connectivity index (χ3n) is 2.03. The third-order valence-corrected chi connectivity index (χ3v) is 2.03. The molecule has 0 saturated heterocycles. The summed E-state index contributed by atoms with van der Waals surface area (Å²) in [5.41, 5.74) is -0.0291. The Kier molecular flexibility index (Phi) is 3.17. The number of rotatable bonds is 2. The Morgan fingerprint density at radius 1 is 1.33 bits per heavy atom. The van der Waals surface area contributed by atoms with Crippen LogP contribution in [0.15, 0.2) is 47.4 Å². The van der Waals surface area contributed by atoms with Crippen LogP contribution in [0.3, 0.4) is 0 Å². The molecule has 0 aliphatic carbocycles. The average Bonchev–Trinajstić information content (AvgIpc) is 2.39.